The molecular weight excluding hydrogens is 346 g/mol. The Morgan fingerprint density at radius 2 is 1.96 bits per heavy atom. The van der Waals surface area contributed by atoms with Gasteiger partial charge in [-0.05, 0) is 50.5 Å². The molecule has 2 aromatic carbocycles. The number of aryl methyl sites for hydroxylation is 2. The lowest BCUT2D eigenvalue weighted by atomic mass is 10.1. The van der Waals surface area contributed by atoms with E-state index in [0.29, 0.717) is 0 Å². The number of rotatable bonds is 9. The lowest BCUT2D eigenvalue weighted by Crippen LogP contribution is -2.21. The SMILES string of the molecule is C/C=C/C(=O)NCCCCCc1nc2ccccc2n1Cc1cccc(C)c1. The third-order valence-electron chi connectivity index (χ3n) is 4.85. The maximum Gasteiger partial charge on any atom is 0.243 e. The molecule has 0 aliphatic heterocycles. The van der Waals surface area contributed by atoms with Crippen molar-refractivity contribution in [3.63, 3.8) is 0 Å². The molecule has 0 unspecified atom stereocenters. The molecule has 4 nitrogen and oxygen atoms in total. The largest absolute Gasteiger partial charge is 0.353 e. The molecule has 1 aromatic heterocycles. The van der Waals surface area contributed by atoms with Gasteiger partial charge in [-0.15, -0.1) is 0 Å². The molecule has 1 N–H and O–H groups in total. The van der Waals surface area contributed by atoms with Gasteiger partial charge in [-0.2, -0.15) is 0 Å². The quantitative estimate of drug-likeness (QED) is 0.431. The first-order chi connectivity index (χ1) is 13.7. The van der Waals surface area contributed by atoms with E-state index in [-0.39, 0.29) is 5.91 Å². The standard InChI is InChI=1S/C24H29N3O/c1-3-10-24(28)25-16-8-4-5-15-23-26-21-13-6-7-14-22(21)27(23)18-20-12-9-11-19(2)17-20/h3,6-7,9-14,17H,4-5,8,15-16,18H2,1-2H3,(H,25,28)/b10-3+. The van der Waals surface area contributed by atoms with Gasteiger partial charge in [-0.3, -0.25) is 4.79 Å². The number of hydrogen-bond donors (Lipinski definition) is 1. The predicted molar refractivity (Wildman–Crippen MR) is 115 cm³/mol. The van der Waals surface area contributed by atoms with Gasteiger partial charge < -0.3 is 9.88 Å². The van der Waals surface area contributed by atoms with Crippen molar-refractivity contribution < 1.29 is 4.79 Å². The van der Waals surface area contributed by atoms with Crippen LogP contribution in [0.15, 0.2) is 60.7 Å². The number of benzene rings is 2. The number of aromatic nitrogens is 2. The van der Waals surface area contributed by atoms with Crippen molar-refractivity contribution in [2.24, 2.45) is 0 Å². The first kappa shape index (κ1) is 19.9. The Balaban J connectivity index is 1.63. The van der Waals surface area contributed by atoms with E-state index in [1.54, 1.807) is 12.2 Å². The molecule has 0 spiro atoms. The van der Waals surface area contributed by atoms with Crippen LogP contribution in [0, 0.1) is 6.92 Å². The fourth-order valence-electron chi connectivity index (χ4n) is 3.49. The monoisotopic (exact) mass is 375 g/mol. The molecule has 0 aliphatic carbocycles. The van der Waals surface area contributed by atoms with Crippen molar-refractivity contribution in [2.45, 2.75) is 46.1 Å². The molecule has 4 heteroatoms. The predicted octanol–water partition coefficient (Wildman–Crippen LogP) is 4.80. The average Bonchev–Trinajstić information content (AvgIpc) is 3.02. The van der Waals surface area contributed by atoms with Crippen molar-refractivity contribution in [3.05, 3.63) is 77.6 Å². The summed E-state index contributed by atoms with van der Waals surface area (Å²) in [5, 5.41) is 2.91. The van der Waals surface area contributed by atoms with Crippen LogP contribution in [0.1, 0.15) is 43.1 Å². The van der Waals surface area contributed by atoms with Crippen LogP contribution in [0.3, 0.4) is 0 Å². The summed E-state index contributed by atoms with van der Waals surface area (Å²) in [6.45, 7) is 5.55. The van der Waals surface area contributed by atoms with Gasteiger partial charge in [0.15, 0.2) is 0 Å². The maximum absolute atomic E-state index is 11.4. The van der Waals surface area contributed by atoms with E-state index < -0.39 is 0 Å². The van der Waals surface area contributed by atoms with Crippen LogP contribution in [0.5, 0.6) is 0 Å². The summed E-state index contributed by atoms with van der Waals surface area (Å²) >= 11 is 0. The number of imidazole rings is 1. The number of nitrogens with zero attached hydrogens (tertiary/aromatic N) is 2. The normalized spacial score (nSPS) is 11.4. The number of unbranched alkanes of at least 4 members (excludes halogenated alkanes) is 2. The van der Waals surface area contributed by atoms with E-state index in [4.69, 9.17) is 4.98 Å². The summed E-state index contributed by atoms with van der Waals surface area (Å²) in [4.78, 5) is 16.3. The zero-order chi connectivity index (χ0) is 19.8. The van der Waals surface area contributed by atoms with Gasteiger partial charge in [0.2, 0.25) is 5.91 Å². The van der Waals surface area contributed by atoms with Crippen molar-refractivity contribution >= 4 is 16.9 Å². The van der Waals surface area contributed by atoms with Gasteiger partial charge >= 0.3 is 0 Å². The van der Waals surface area contributed by atoms with Gasteiger partial charge in [0, 0.05) is 19.5 Å². The second-order valence-electron chi connectivity index (χ2n) is 7.19. The molecule has 0 bridgehead atoms. The highest BCUT2D eigenvalue weighted by molar-refractivity contribution is 5.87. The summed E-state index contributed by atoms with van der Waals surface area (Å²) in [6, 6.07) is 17.0. The molecule has 3 rings (SSSR count). The van der Waals surface area contributed by atoms with E-state index in [9.17, 15) is 4.79 Å². The van der Waals surface area contributed by atoms with Crippen LogP contribution < -0.4 is 5.32 Å². The Hall–Kier alpha value is -2.88. The third kappa shape index (κ3) is 5.32. The summed E-state index contributed by atoms with van der Waals surface area (Å²) in [6.07, 6.45) is 7.40. The molecule has 0 aliphatic rings. The maximum atomic E-state index is 11.4. The second-order valence-corrected chi connectivity index (χ2v) is 7.19. The number of amides is 1. The molecule has 0 saturated heterocycles. The van der Waals surface area contributed by atoms with Crippen molar-refractivity contribution in [1.29, 1.82) is 0 Å². The first-order valence-corrected chi connectivity index (χ1v) is 10.1. The second kappa shape index (κ2) is 9.88. The number of nitrogens with one attached hydrogen (secondary N) is 1. The zero-order valence-corrected chi connectivity index (χ0v) is 16.8. The van der Waals surface area contributed by atoms with E-state index >= 15 is 0 Å². The molecule has 0 saturated carbocycles. The first-order valence-electron chi connectivity index (χ1n) is 10.1. The molecule has 0 fully saturated rings. The molecule has 0 atom stereocenters. The van der Waals surface area contributed by atoms with E-state index in [0.717, 1.165) is 50.1 Å². The van der Waals surface area contributed by atoms with E-state index in [1.165, 1.54) is 16.6 Å². The Labute approximate surface area is 167 Å². The number of carbonyl (C=O) groups is 1. The van der Waals surface area contributed by atoms with E-state index in [1.807, 2.05) is 13.0 Å². The summed E-state index contributed by atoms with van der Waals surface area (Å²) in [5.41, 5.74) is 4.83. The van der Waals surface area contributed by atoms with Crippen LogP contribution in [-0.2, 0) is 17.8 Å². The Morgan fingerprint density at radius 3 is 2.79 bits per heavy atom. The number of allylic oxidation sites excluding steroid dienone is 1. The topological polar surface area (TPSA) is 46.9 Å². The number of hydrogen-bond acceptors (Lipinski definition) is 2. The van der Waals surface area contributed by atoms with Crippen LogP contribution in [0.4, 0.5) is 0 Å². The van der Waals surface area contributed by atoms with Crippen LogP contribution in [0.25, 0.3) is 11.0 Å². The summed E-state index contributed by atoms with van der Waals surface area (Å²) in [7, 11) is 0. The molecule has 3 aromatic rings. The minimum absolute atomic E-state index is 0.0116. The van der Waals surface area contributed by atoms with Crippen molar-refractivity contribution in [1.82, 2.24) is 14.9 Å². The Morgan fingerprint density at radius 1 is 1.11 bits per heavy atom. The zero-order valence-electron chi connectivity index (χ0n) is 16.8. The van der Waals surface area contributed by atoms with Gasteiger partial charge in [0.05, 0.1) is 11.0 Å². The minimum Gasteiger partial charge on any atom is -0.353 e. The van der Waals surface area contributed by atoms with Gasteiger partial charge in [-0.25, -0.2) is 4.98 Å². The Bertz CT molecular complexity index is 955. The van der Waals surface area contributed by atoms with Crippen LogP contribution in [-0.4, -0.2) is 22.0 Å². The minimum atomic E-state index is -0.0116. The van der Waals surface area contributed by atoms with E-state index in [2.05, 4.69) is 59.3 Å². The summed E-state index contributed by atoms with van der Waals surface area (Å²) < 4.78 is 2.35. The molecule has 1 amide bonds. The third-order valence-corrected chi connectivity index (χ3v) is 4.85. The highest BCUT2D eigenvalue weighted by Gasteiger charge is 2.11. The fourth-order valence-corrected chi connectivity index (χ4v) is 3.49. The lowest BCUT2D eigenvalue weighted by molar-refractivity contribution is -0.116. The molecule has 28 heavy (non-hydrogen) atoms. The van der Waals surface area contributed by atoms with Gasteiger partial charge in [0.25, 0.3) is 0 Å². The number of carbonyl (C=O) groups excluding carboxylic acids is 1. The van der Waals surface area contributed by atoms with Gasteiger partial charge in [0.1, 0.15) is 5.82 Å². The smallest absolute Gasteiger partial charge is 0.243 e. The number of fused-ring (bicyclic) bond motifs is 1. The number of para-hydroxylation sites is 2. The fraction of sp³-hybridized carbons (Fsp3) is 0.333. The highest BCUT2D eigenvalue weighted by atomic mass is 16.1. The highest BCUT2D eigenvalue weighted by Crippen LogP contribution is 2.20. The molecule has 146 valence electrons. The summed E-state index contributed by atoms with van der Waals surface area (Å²) in [5.74, 6) is 1.13. The van der Waals surface area contributed by atoms with Crippen LogP contribution in [0.2, 0.25) is 0 Å². The molecule has 0 radical (unpaired) electrons. The average molecular weight is 376 g/mol. The van der Waals surface area contributed by atoms with Crippen molar-refractivity contribution in [3.8, 4) is 0 Å². The Kier molecular flexibility index (Phi) is 7.01. The van der Waals surface area contributed by atoms with Gasteiger partial charge in [-0.1, -0.05) is 54.5 Å². The molecular formula is C24H29N3O. The van der Waals surface area contributed by atoms with Crippen molar-refractivity contribution in [2.75, 3.05) is 6.54 Å². The van der Waals surface area contributed by atoms with Crippen LogP contribution >= 0.6 is 0 Å². The lowest BCUT2D eigenvalue weighted by Gasteiger charge is -2.10. The molecule has 1 heterocycles.